The van der Waals surface area contributed by atoms with Crippen molar-refractivity contribution in [3.8, 4) is 11.5 Å². The second kappa shape index (κ2) is 11.7. The molecular formula is C25H33N3O5. The Morgan fingerprint density at radius 2 is 1.85 bits per heavy atom. The molecule has 0 fully saturated rings. The van der Waals surface area contributed by atoms with Crippen LogP contribution in [0.2, 0.25) is 0 Å². The van der Waals surface area contributed by atoms with Crippen molar-refractivity contribution in [2.24, 2.45) is 0 Å². The Bertz CT molecular complexity index is 965. The fourth-order valence-electron chi connectivity index (χ4n) is 3.59. The Balaban J connectivity index is 1.54. The summed E-state index contributed by atoms with van der Waals surface area (Å²) in [5, 5.41) is 2.95. The molecule has 0 saturated carbocycles. The molecule has 178 valence electrons. The number of amides is 2. The summed E-state index contributed by atoms with van der Waals surface area (Å²) < 4.78 is 16.9. The van der Waals surface area contributed by atoms with E-state index in [4.69, 9.17) is 14.2 Å². The van der Waals surface area contributed by atoms with Crippen LogP contribution in [0.3, 0.4) is 0 Å². The number of para-hydroxylation sites is 2. The first-order valence-corrected chi connectivity index (χ1v) is 11.1. The van der Waals surface area contributed by atoms with Crippen LogP contribution < -0.4 is 14.8 Å². The standard InChI is InChI=1S/C25H33N3O5/c1-18-8-7-9-21(19(18)2)26-24(29)15-28(12-13-31-4)16-25(30)27(3)14-20-17-32-22-10-5-6-11-23(22)33-20/h5-11,20H,12-17H2,1-4H3,(H,26,29). The highest BCUT2D eigenvalue weighted by molar-refractivity contribution is 5.93. The molecule has 1 aliphatic heterocycles. The van der Waals surface area contributed by atoms with Gasteiger partial charge in [-0.05, 0) is 43.2 Å². The molecule has 0 bridgehead atoms. The highest BCUT2D eigenvalue weighted by Crippen LogP contribution is 2.30. The molecule has 1 N–H and O–H groups in total. The average Bonchev–Trinajstić information content (AvgIpc) is 2.80. The maximum atomic E-state index is 12.9. The summed E-state index contributed by atoms with van der Waals surface area (Å²) >= 11 is 0. The van der Waals surface area contributed by atoms with E-state index in [9.17, 15) is 9.59 Å². The molecule has 33 heavy (non-hydrogen) atoms. The first-order valence-electron chi connectivity index (χ1n) is 11.1. The number of ether oxygens (including phenoxy) is 3. The summed E-state index contributed by atoms with van der Waals surface area (Å²) in [5.41, 5.74) is 2.92. The Hall–Kier alpha value is -3.10. The van der Waals surface area contributed by atoms with Crippen LogP contribution in [0.5, 0.6) is 11.5 Å². The lowest BCUT2D eigenvalue weighted by Crippen LogP contribution is -2.47. The largest absolute Gasteiger partial charge is 0.486 e. The number of hydrogen-bond acceptors (Lipinski definition) is 6. The summed E-state index contributed by atoms with van der Waals surface area (Å²) in [6.45, 7) is 5.82. The van der Waals surface area contributed by atoms with Crippen LogP contribution in [0.4, 0.5) is 5.69 Å². The first kappa shape index (κ1) is 24.5. The second-order valence-corrected chi connectivity index (χ2v) is 8.27. The maximum Gasteiger partial charge on any atom is 0.238 e. The predicted molar refractivity (Wildman–Crippen MR) is 127 cm³/mol. The van der Waals surface area contributed by atoms with Gasteiger partial charge in [0, 0.05) is 26.4 Å². The number of carbonyl (C=O) groups excluding carboxylic acids is 2. The van der Waals surface area contributed by atoms with E-state index in [2.05, 4.69) is 5.32 Å². The van der Waals surface area contributed by atoms with Crippen LogP contribution in [-0.2, 0) is 14.3 Å². The van der Waals surface area contributed by atoms with Crippen molar-refractivity contribution in [3.63, 3.8) is 0 Å². The molecule has 1 heterocycles. The molecular weight excluding hydrogens is 422 g/mol. The van der Waals surface area contributed by atoms with Crippen LogP contribution in [0, 0.1) is 13.8 Å². The predicted octanol–water partition coefficient (Wildman–Crippen LogP) is 2.49. The maximum absolute atomic E-state index is 12.9. The summed E-state index contributed by atoms with van der Waals surface area (Å²) in [4.78, 5) is 29.0. The molecule has 2 aromatic rings. The fourth-order valence-corrected chi connectivity index (χ4v) is 3.59. The van der Waals surface area contributed by atoms with Crippen LogP contribution in [0.15, 0.2) is 42.5 Å². The van der Waals surface area contributed by atoms with Crippen molar-refractivity contribution in [2.45, 2.75) is 20.0 Å². The smallest absolute Gasteiger partial charge is 0.238 e. The fraction of sp³-hybridized carbons (Fsp3) is 0.440. The lowest BCUT2D eigenvalue weighted by atomic mass is 10.1. The van der Waals surface area contributed by atoms with E-state index in [0.717, 1.165) is 16.8 Å². The van der Waals surface area contributed by atoms with Gasteiger partial charge in [0.25, 0.3) is 0 Å². The van der Waals surface area contributed by atoms with Gasteiger partial charge in [-0.3, -0.25) is 14.5 Å². The number of benzene rings is 2. The normalized spacial score (nSPS) is 14.8. The topological polar surface area (TPSA) is 80.3 Å². The van der Waals surface area contributed by atoms with E-state index in [1.54, 1.807) is 24.0 Å². The summed E-state index contributed by atoms with van der Waals surface area (Å²) in [5.74, 6) is 1.12. The minimum Gasteiger partial charge on any atom is -0.486 e. The van der Waals surface area contributed by atoms with Gasteiger partial charge in [0.1, 0.15) is 6.61 Å². The van der Waals surface area contributed by atoms with Gasteiger partial charge in [-0.15, -0.1) is 0 Å². The number of carbonyl (C=O) groups is 2. The average molecular weight is 456 g/mol. The molecule has 2 amide bonds. The Labute approximate surface area is 195 Å². The number of anilines is 1. The molecule has 0 saturated heterocycles. The van der Waals surface area contributed by atoms with Crippen molar-refractivity contribution in [3.05, 3.63) is 53.6 Å². The molecule has 0 aromatic heterocycles. The van der Waals surface area contributed by atoms with E-state index in [1.165, 1.54) is 0 Å². The van der Waals surface area contributed by atoms with E-state index < -0.39 is 0 Å². The molecule has 1 unspecified atom stereocenters. The zero-order chi connectivity index (χ0) is 23.8. The summed E-state index contributed by atoms with van der Waals surface area (Å²) in [7, 11) is 3.33. The first-order chi connectivity index (χ1) is 15.9. The van der Waals surface area contributed by atoms with Gasteiger partial charge in [0.2, 0.25) is 11.8 Å². The lowest BCUT2D eigenvalue weighted by Gasteiger charge is -2.30. The zero-order valence-corrected chi connectivity index (χ0v) is 19.8. The van der Waals surface area contributed by atoms with E-state index >= 15 is 0 Å². The van der Waals surface area contributed by atoms with Crippen LogP contribution in [0.25, 0.3) is 0 Å². The monoisotopic (exact) mass is 455 g/mol. The van der Waals surface area contributed by atoms with Gasteiger partial charge in [-0.25, -0.2) is 0 Å². The number of methoxy groups -OCH3 is 1. The summed E-state index contributed by atoms with van der Waals surface area (Å²) in [6.07, 6.45) is -0.256. The number of likely N-dealkylation sites (N-methyl/N-ethyl adjacent to an activating group) is 1. The number of hydrogen-bond donors (Lipinski definition) is 1. The number of nitrogens with zero attached hydrogens (tertiary/aromatic N) is 2. The van der Waals surface area contributed by atoms with Crippen molar-refractivity contribution < 1.29 is 23.8 Å². The number of aryl methyl sites for hydroxylation is 1. The van der Waals surface area contributed by atoms with E-state index in [0.29, 0.717) is 37.8 Å². The molecule has 1 atom stereocenters. The SMILES string of the molecule is COCCN(CC(=O)Nc1cccc(C)c1C)CC(=O)N(C)CC1COc2ccccc2O1. The molecule has 3 rings (SSSR count). The van der Waals surface area contributed by atoms with Crippen LogP contribution >= 0.6 is 0 Å². The van der Waals surface area contributed by atoms with Gasteiger partial charge >= 0.3 is 0 Å². The minimum absolute atomic E-state index is 0.0900. The number of fused-ring (bicyclic) bond motifs is 1. The van der Waals surface area contributed by atoms with Gasteiger partial charge in [0.15, 0.2) is 17.6 Å². The van der Waals surface area contributed by atoms with Crippen molar-refractivity contribution in [2.75, 3.05) is 58.9 Å². The molecule has 2 aromatic carbocycles. The highest BCUT2D eigenvalue weighted by Gasteiger charge is 2.25. The molecule has 0 aliphatic carbocycles. The van der Waals surface area contributed by atoms with E-state index in [-0.39, 0.29) is 31.0 Å². The third-order valence-corrected chi connectivity index (χ3v) is 5.69. The Kier molecular flexibility index (Phi) is 8.68. The zero-order valence-electron chi connectivity index (χ0n) is 19.8. The van der Waals surface area contributed by atoms with Gasteiger partial charge < -0.3 is 24.4 Å². The van der Waals surface area contributed by atoms with Crippen LogP contribution in [-0.4, -0.2) is 81.3 Å². The van der Waals surface area contributed by atoms with Crippen LogP contribution in [0.1, 0.15) is 11.1 Å². The van der Waals surface area contributed by atoms with Gasteiger partial charge in [-0.1, -0.05) is 24.3 Å². The minimum atomic E-state index is -0.256. The lowest BCUT2D eigenvalue weighted by molar-refractivity contribution is -0.133. The second-order valence-electron chi connectivity index (χ2n) is 8.27. The van der Waals surface area contributed by atoms with Crippen molar-refractivity contribution in [1.29, 1.82) is 0 Å². The molecule has 8 heteroatoms. The highest BCUT2D eigenvalue weighted by atomic mass is 16.6. The quantitative estimate of drug-likeness (QED) is 0.593. The third-order valence-electron chi connectivity index (χ3n) is 5.69. The molecule has 1 aliphatic rings. The number of rotatable bonds is 10. The van der Waals surface area contributed by atoms with E-state index in [1.807, 2.05) is 56.3 Å². The molecule has 8 nitrogen and oxygen atoms in total. The van der Waals surface area contributed by atoms with Crippen molar-refractivity contribution in [1.82, 2.24) is 9.80 Å². The van der Waals surface area contributed by atoms with Gasteiger partial charge in [0.05, 0.1) is 26.2 Å². The third kappa shape index (κ3) is 6.94. The van der Waals surface area contributed by atoms with Gasteiger partial charge in [-0.2, -0.15) is 0 Å². The molecule has 0 radical (unpaired) electrons. The Morgan fingerprint density at radius 1 is 1.09 bits per heavy atom. The molecule has 0 spiro atoms. The summed E-state index contributed by atoms with van der Waals surface area (Å²) in [6, 6.07) is 13.3. The Morgan fingerprint density at radius 3 is 2.61 bits per heavy atom. The number of nitrogens with one attached hydrogen (secondary N) is 1. The van der Waals surface area contributed by atoms with Crippen molar-refractivity contribution >= 4 is 17.5 Å².